The second-order valence-electron chi connectivity index (χ2n) is 6.75. The Labute approximate surface area is 145 Å². The topological polar surface area (TPSA) is 56.7 Å². The fraction of sp³-hybridized carbons (Fsp3) is 0.579. The van der Waals surface area contributed by atoms with Gasteiger partial charge in [0, 0.05) is 32.4 Å². The highest BCUT2D eigenvalue weighted by Crippen LogP contribution is 2.24. The van der Waals surface area contributed by atoms with Crippen LogP contribution in [0.2, 0.25) is 0 Å². The highest BCUT2D eigenvalue weighted by molar-refractivity contribution is 5.64. The number of nitrogens with zero attached hydrogens (tertiary/aromatic N) is 3. The van der Waals surface area contributed by atoms with E-state index in [2.05, 4.69) is 41.9 Å². The van der Waals surface area contributed by atoms with Gasteiger partial charge in [0.1, 0.15) is 5.82 Å². The van der Waals surface area contributed by atoms with Crippen molar-refractivity contribution in [3.8, 4) is 0 Å². The van der Waals surface area contributed by atoms with Crippen molar-refractivity contribution >= 4 is 18.0 Å². The number of amides is 1. The maximum Gasteiger partial charge on any atom is 0.407 e. The Hall–Kier alpha value is -2.04. The van der Waals surface area contributed by atoms with Gasteiger partial charge in [0.15, 0.2) is 0 Å². The molecule has 2 rings (SSSR count). The third-order valence-electron chi connectivity index (χ3n) is 4.62. The maximum absolute atomic E-state index is 11.0. The molecule has 1 saturated heterocycles. The monoisotopic (exact) mass is 331 g/mol. The zero-order valence-corrected chi connectivity index (χ0v) is 15.0. The van der Waals surface area contributed by atoms with Gasteiger partial charge in [0.05, 0.1) is 0 Å². The second-order valence-corrected chi connectivity index (χ2v) is 6.75. The summed E-state index contributed by atoms with van der Waals surface area (Å²) in [6.07, 6.45) is 6.42. The molecule has 132 valence electrons. The molecule has 0 unspecified atom stereocenters. The summed E-state index contributed by atoms with van der Waals surface area (Å²) < 4.78 is 0. The first-order chi connectivity index (χ1) is 11.5. The minimum Gasteiger partial charge on any atom is -0.465 e. The number of hydrogen-bond donors (Lipinski definition) is 1. The molecule has 0 aliphatic carbocycles. The van der Waals surface area contributed by atoms with Crippen molar-refractivity contribution in [2.24, 2.45) is 5.92 Å². The molecule has 0 atom stereocenters. The van der Waals surface area contributed by atoms with Crippen molar-refractivity contribution in [1.82, 2.24) is 9.88 Å². The lowest BCUT2D eigenvalue weighted by molar-refractivity contribution is 0.143. The molecule has 1 fully saturated rings. The summed E-state index contributed by atoms with van der Waals surface area (Å²) in [6.45, 7) is 9.27. The molecule has 1 aliphatic heterocycles. The van der Waals surface area contributed by atoms with E-state index in [9.17, 15) is 4.79 Å². The van der Waals surface area contributed by atoms with Crippen LogP contribution in [0.25, 0.3) is 6.08 Å². The summed E-state index contributed by atoms with van der Waals surface area (Å²) in [5.74, 6) is 1.65. The third kappa shape index (κ3) is 5.25. The van der Waals surface area contributed by atoms with Crippen molar-refractivity contribution in [2.75, 3.05) is 31.1 Å². The fourth-order valence-electron chi connectivity index (χ4n) is 3.18. The highest BCUT2D eigenvalue weighted by atomic mass is 16.4. The van der Waals surface area contributed by atoms with Gasteiger partial charge in [-0.1, -0.05) is 11.6 Å². The number of aromatic nitrogens is 1. The molecule has 1 N–H and O–H groups in total. The van der Waals surface area contributed by atoms with Gasteiger partial charge in [-0.25, -0.2) is 9.78 Å². The van der Waals surface area contributed by atoms with E-state index >= 15 is 0 Å². The van der Waals surface area contributed by atoms with Crippen LogP contribution in [-0.2, 0) is 0 Å². The lowest BCUT2D eigenvalue weighted by Gasteiger charge is -2.33. The molecule has 1 amide bonds. The molecule has 0 bridgehead atoms. The van der Waals surface area contributed by atoms with E-state index in [1.54, 1.807) is 0 Å². The number of rotatable bonds is 6. The quantitative estimate of drug-likeness (QED) is 0.852. The lowest BCUT2D eigenvalue weighted by Crippen LogP contribution is -2.36. The number of allylic oxidation sites excluding steroid dienone is 1. The van der Waals surface area contributed by atoms with Crippen LogP contribution in [0.5, 0.6) is 0 Å². The molecule has 24 heavy (non-hydrogen) atoms. The molecule has 1 aromatic rings. The van der Waals surface area contributed by atoms with Crippen LogP contribution in [0.15, 0.2) is 23.9 Å². The van der Waals surface area contributed by atoms with Crippen LogP contribution in [0.3, 0.4) is 0 Å². The van der Waals surface area contributed by atoms with E-state index < -0.39 is 6.09 Å². The maximum atomic E-state index is 11.0. The predicted molar refractivity (Wildman–Crippen MR) is 98.4 cm³/mol. The number of carbonyl (C=O) groups is 1. The van der Waals surface area contributed by atoms with Crippen molar-refractivity contribution in [1.29, 1.82) is 0 Å². The third-order valence-corrected chi connectivity index (χ3v) is 4.62. The van der Waals surface area contributed by atoms with E-state index in [-0.39, 0.29) is 0 Å². The Bertz CT molecular complexity index is 556. The first-order valence-corrected chi connectivity index (χ1v) is 8.83. The number of carboxylic acid groups (broad SMARTS) is 1. The SMILES string of the molecule is CCN(CCC1CCN(c2ccc(C=C(C)C)cn2)CC1)C(=O)O. The average molecular weight is 331 g/mol. The zero-order valence-electron chi connectivity index (χ0n) is 15.0. The van der Waals surface area contributed by atoms with Crippen molar-refractivity contribution in [2.45, 2.75) is 40.0 Å². The second kappa shape index (κ2) is 8.71. The Morgan fingerprint density at radius 3 is 2.58 bits per heavy atom. The predicted octanol–water partition coefficient (Wildman–Crippen LogP) is 4.11. The first-order valence-electron chi connectivity index (χ1n) is 8.83. The zero-order chi connectivity index (χ0) is 17.5. The standard InChI is InChI=1S/C19H29N3O2/c1-4-21(19(23)24)10-7-16-8-11-22(12-9-16)18-6-5-17(14-20-18)13-15(2)3/h5-6,13-14,16H,4,7-12H2,1-3H3,(H,23,24). The van der Waals surface area contributed by atoms with Gasteiger partial charge >= 0.3 is 6.09 Å². The molecular weight excluding hydrogens is 302 g/mol. The van der Waals surface area contributed by atoms with E-state index in [4.69, 9.17) is 5.11 Å². The van der Waals surface area contributed by atoms with E-state index in [0.29, 0.717) is 19.0 Å². The Morgan fingerprint density at radius 1 is 1.38 bits per heavy atom. The molecule has 2 heterocycles. The van der Waals surface area contributed by atoms with Gasteiger partial charge in [-0.2, -0.15) is 0 Å². The van der Waals surface area contributed by atoms with Gasteiger partial charge in [0.2, 0.25) is 0 Å². The molecule has 5 heteroatoms. The molecule has 5 nitrogen and oxygen atoms in total. The van der Waals surface area contributed by atoms with E-state index in [1.807, 2.05) is 13.1 Å². The molecule has 1 aliphatic rings. The van der Waals surface area contributed by atoms with E-state index in [0.717, 1.165) is 43.7 Å². The number of anilines is 1. The fourth-order valence-corrected chi connectivity index (χ4v) is 3.18. The van der Waals surface area contributed by atoms with Crippen LogP contribution in [-0.4, -0.2) is 47.3 Å². The Morgan fingerprint density at radius 2 is 2.08 bits per heavy atom. The van der Waals surface area contributed by atoms with Crippen LogP contribution in [0, 0.1) is 5.92 Å². The molecular formula is C19H29N3O2. The summed E-state index contributed by atoms with van der Waals surface area (Å²) in [7, 11) is 0. The Kier molecular flexibility index (Phi) is 6.64. The smallest absolute Gasteiger partial charge is 0.407 e. The summed E-state index contributed by atoms with van der Waals surface area (Å²) in [5, 5.41) is 9.08. The number of piperidine rings is 1. The molecule has 0 saturated carbocycles. The number of hydrogen-bond acceptors (Lipinski definition) is 3. The summed E-state index contributed by atoms with van der Waals surface area (Å²) >= 11 is 0. The van der Waals surface area contributed by atoms with Crippen LogP contribution in [0.4, 0.5) is 10.6 Å². The van der Waals surface area contributed by atoms with Gasteiger partial charge in [-0.3, -0.25) is 0 Å². The first kappa shape index (κ1) is 18.3. The Balaban J connectivity index is 1.82. The molecule has 0 radical (unpaired) electrons. The van der Waals surface area contributed by atoms with Crippen molar-refractivity contribution in [3.63, 3.8) is 0 Å². The lowest BCUT2D eigenvalue weighted by atomic mass is 9.93. The largest absolute Gasteiger partial charge is 0.465 e. The van der Waals surface area contributed by atoms with Crippen LogP contribution < -0.4 is 4.90 Å². The van der Waals surface area contributed by atoms with Gasteiger partial charge in [0.25, 0.3) is 0 Å². The normalized spacial score (nSPS) is 15.2. The summed E-state index contributed by atoms with van der Waals surface area (Å²) in [5.41, 5.74) is 2.41. The van der Waals surface area contributed by atoms with Crippen LogP contribution >= 0.6 is 0 Å². The minimum absolute atomic E-state index is 0.566. The highest BCUT2D eigenvalue weighted by Gasteiger charge is 2.21. The van der Waals surface area contributed by atoms with E-state index in [1.165, 1.54) is 10.5 Å². The van der Waals surface area contributed by atoms with Crippen molar-refractivity contribution < 1.29 is 9.90 Å². The average Bonchev–Trinajstić information content (AvgIpc) is 2.56. The number of pyridine rings is 1. The molecule has 0 aromatic carbocycles. The minimum atomic E-state index is -0.810. The van der Waals surface area contributed by atoms with Gasteiger partial charge < -0.3 is 14.9 Å². The van der Waals surface area contributed by atoms with Gasteiger partial charge in [-0.05, 0) is 63.6 Å². The molecule has 1 aromatic heterocycles. The molecule has 0 spiro atoms. The van der Waals surface area contributed by atoms with Crippen LogP contribution in [0.1, 0.15) is 45.6 Å². The summed E-state index contributed by atoms with van der Waals surface area (Å²) in [4.78, 5) is 19.5. The van der Waals surface area contributed by atoms with Gasteiger partial charge in [-0.15, -0.1) is 0 Å². The van der Waals surface area contributed by atoms with Crippen molar-refractivity contribution in [3.05, 3.63) is 29.5 Å². The summed E-state index contributed by atoms with van der Waals surface area (Å²) in [6, 6.07) is 4.21.